The van der Waals surface area contributed by atoms with Crippen molar-refractivity contribution in [2.45, 2.75) is 13.1 Å². The fraction of sp³-hybridized carbons (Fsp3) is 0.250. The molecule has 0 unspecified atom stereocenters. The van der Waals surface area contributed by atoms with Crippen LogP contribution in [0.4, 0.5) is 0 Å². The van der Waals surface area contributed by atoms with E-state index in [1.807, 2.05) is 24.3 Å². The van der Waals surface area contributed by atoms with Gasteiger partial charge < -0.3 is 10.0 Å². The van der Waals surface area contributed by atoms with Crippen molar-refractivity contribution in [3.8, 4) is 0 Å². The van der Waals surface area contributed by atoms with E-state index in [2.05, 4.69) is 0 Å². The monoisotopic (exact) mass is 163 g/mol. The normalized spacial score (nSPS) is 16.2. The third-order valence-electron chi connectivity index (χ3n) is 2.19. The average Bonchev–Trinajstić information content (AvgIpc) is 2.46. The molecule has 1 aliphatic rings. The number of fused-ring (bicyclic) bond motifs is 1. The van der Waals surface area contributed by atoms with Crippen LogP contribution in [0, 0.1) is 0 Å². The SMILES string of the molecule is OB(O)N1Cc2ccccc2C1. The summed E-state index contributed by atoms with van der Waals surface area (Å²) in [5.74, 6) is 0. The van der Waals surface area contributed by atoms with Crippen LogP contribution in [0.5, 0.6) is 0 Å². The predicted octanol–water partition coefficient (Wildman–Crippen LogP) is -0.0283. The van der Waals surface area contributed by atoms with Gasteiger partial charge in [0.2, 0.25) is 0 Å². The number of hydrogen-bond donors (Lipinski definition) is 2. The Labute approximate surface area is 71.4 Å². The van der Waals surface area contributed by atoms with Crippen LogP contribution in [-0.2, 0) is 13.1 Å². The van der Waals surface area contributed by atoms with Gasteiger partial charge in [-0.25, -0.2) is 0 Å². The first-order chi connectivity index (χ1) is 5.77. The lowest BCUT2D eigenvalue weighted by Crippen LogP contribution is -2.34. The number of benzene rings is 1. The van der Waals surface area contributed by atoms with Crippen LogP contribution < -0.4 is 0 Å². The Hall–Kier alpha value is -0.835. The van der Waals surface area contributed by atoms with E-state index in [1.54, 1.807) is 4.81 Å². The second kappa shape index (κ2) is 2.90. The molecule has 0 saturated heterocycles. The highest BCUT2D eigenvalue weighted by Gasteiger charge is 2.26. The van der Waals surface area contributed by atoms with Crippen molar-refractivity contribution < 1.29 is 10.0 Å². The van der Waals surface area contributed by atoms with E-state index in [1.165, 1.54) is 11.1 Å². The molecule has 0 spiro atoms. The summed E-state index contributed by atoms with van der Waals surface area (Å²) in [6, 6.07) is 7.95. The quantitative estimate of drug-likeness (QED) is 0.571. The van der Waals surface area contributed by atoms with E-state index in [0.717, 1.165) is 0 Å². The summed E-state index contributed by atoms with van der Waals surface area (Å²) in [5.41, 5.74) is 2.37. The summed E-state index contributed by atoms with van der Waals surface area (Å²) in [6.07, 6.45) is 0. The number of hydrogen-bond acceptors (Lipinski definition) is 3. The Morgan fingerprint density at radius 1 is 1.08 bits per heavy atom. The van der Waals surface area contributed by atoms with E-state index in [4.69, 9.17) is 10.0 Å². The Morgan fingerprint density at radius 2 is 1.58 bits per heavy atom. The van der Waals surface area contributed by atoms with Gasteiger partial charge in [-0.15, -0.1) is 0 Å². The van der Waals surface area contributed by atoms with Crippen molar-refractivity contribution >= 4 is 7.25 Å². The van der Waals surface area contributed by atoms with Gasteiger partial charge in [0.05, 0.1) is 0 Å². The summed E-state index contributed by atoms with van der Waals surface area (Å²) in [6.45, 7) is 1.27. The smallest absolute Gasteiger partial charge is 0.413 e. The third kappa shape index (κ3) is 1.24. The maximum Gasteiger partial charge on any atom is 0.552 e. The van der Waals surface area contributed by atoms with Crippen molar-refractivity contribution in [1.29, 1.82) is 0 Å². The average molecular weight is 163 g/mol. The molecule has 0 bridgehead atoms. The van der Waals surface area contributed by atoms with Gasteiger partial charge in [-0.05, 0) is 11.1 Å². The van der Waals surface area contributed by atoms with Crippen LogP contribution >= 0.6 is 0 Å². The minimum atomic E-state index is -1.34. The van der Waals surface area contributed by atoms with Crippen LogP contribution in [0.15, 0.2) is 24.3 Å². The van der Waals surface area contributed by atoms with Gasteiger partial charge in [0, 0.05) is 13.1 Å². The molecule has 0 amide bonds. The molecule has 1 aromatic rings. The van der Waals surface area contributed by atoms with Crippen LogP contribution in [0.2, 0.25) is 0 Å². The molecule has 2 N–H and O–H groups in total. The maximum absolute atomic E-state index is 8.91. The fourth-order valence-electron chi connectivity index (χ4n) is 1.52. The van der Waals surface area contributed by atoms with E-state index in [9.17, 15) is 0 Å². The summed E-state index contributed by atoms with van der Waals surface area (Å²) < 4.78 is 0. The van der Waals surface area contributed by atoms with E-state index in [-0.39, 0.29) is 0 Å². The lowest BCUT2D eigenvalue weighted by molar-refractivity contribution is 0.275. The first-order valence-electron chi connectivity index (χ1n) is 3.94. The Kier molecular flexibility index (Phi) is 1.88. The molecule has 0 aliphatic carbocycles. The van der Waals surface area contributed by atoms with Crippen LogP contribution in [0.3, 0.4) is 0 Å². The molecule has 4 heteroatoms. The highest BCUT2D eigenvalue weighted by Crippen LogP contribution is 2.21. The molecule has 0 fully saturated rings. The first kappa shape index (κ1) is 7.80. The summed E-state index contributed by atoms with van der Waals surface area (Å²) in [5, 5.41) is 17.8. The van der Waals surface area contributed by atoms with Gasteiger partial charge in [0.25, 0.3) is 0 Å². The van der Waals surface area contributed by atoms with Crippen molar-refractivity contribution in [1.82, 2.24) is 4.81 Å². The molecule has 2 rings (SSSR count). The minimum Gasteiger partial charge on any atom is -0.413 e. The zero-order valence-electron chi connectivity index (χ0n) is 6.64. The zero-order valence-corrected chi connectivity index (χ0v) is 6.64. The first-order valence-corrected chi connectivity index (χ1v) is 3.94. The lowest BCUT2D eigenvalue weighted by atomic mass is 10.1. The van der Waals surface area contributed by atoms with E-state index >= 15 is 0 Å². The molecule has 0 atom stereocenters. The molecule has 0 radical (unpaired) electrons. The predicted molar refractivity (Wildman–Crippen MR) is 45.9 cm³/mol. The van der Waals surface area contributed by atoms with Gasteiger partial charge in [0.15, 0.2) is 0 Å². The minimum absolute atomic E-state index is 0.633. The van der Waals surface area contributed by atoms with Crippen molar-refractivity contribution in [2.24, 2.45) is 0 Å². The van der Waals surface area contributed by atoms with Gasteiger partial charge >= 0.3 is 7.25 Å². The summed E-state index contributed by atoms with van der Waals surface area (Å²) in [4.78, 5) is 1.60. The van der Waals surface area contributed by atoms with Crippen LogP contribution in [-0.4, -0.2) is 22.1 Å². The Balaban J connectivity index is 2.22. The van der Waals surface area contributed by atoms with Gasteiger partial charge in [-0.1, -0.05) is 24.3 Å². The Morgan fingerprint density at radius 3 is 2.00 bits per heavy atom. The number of rotatable bonds is 1. The summed E-state index contributed by atoms with van der Waals surface area (Å²) in [7, 11) is -1.34. The summed E-state index contributed by atoms with van der Waals surface area (Å²) >= 11 is 0. The van der Waals surface area contributed by atoms with E-state index in [0.29, 0.717) is 13.1 Å². The van der Waals surface area contributed by atoms with Gasteiger partial charge in [-0.3, -0.25) is 4.81 Å². The highest BCUT2D eigenvalue weighted by molar-refractivity contribution is 6.37. The molecule has 3 nitrogen and oxygen atoms in total. The molecule has 0 saturated carbocycles. The maximum atomic E-state index is 8.91. The van der Waals surface area contributed by atoms with Crippen LogP contribution in [0.1, 0.15) is 11.1 Å². The second-order valence-corrected chi connectivity index (χ2v) is 3.02. The molecule has 1 aliphatic heterocycles. The molecular formula is C8H10BNO2. The highest BCUT2D eigenvalue weighted by atomic mass is 16.4. The molecule has 1 aromatic carbocycles. The molecule has 12 heavy (non-hydrogen) atoms. The Bertz CT molecular complexity index is 265. The second-order valence-electron chi connectivity index (χ2n) is 3.02. The third-order valence-corrected chi connectivity index (χ3v) is 2.19. The molecule has 0 aromatic heterocycles. The molecule has 62 valence electrons. The van der Waals surface area contributed by atoms with Crippen molar-refractivity contribution in [3.05, 3.63) is 35.4 Å². The molecular weight excluding hydrogens is 153 g/mol. The topological polar surface area (TPSA) is 43.7 Å². The van der Waals surface area contributed by atoms with Gasteiger partial charge in [0.1, 0.15) is 0 Å². The zero-order chi connectivity index (χ0) is 8.55. The number of nitrogens with zero attached hydrogens (tertiary/aromatic N) is 1. The largest absolute Gasteiger partial charge is 0.552 e. The lowest BCUT2D eigenvalue weighted by Gasteiger charge is -2.11. The molecule has 1 heterocycles. The van der Waals surface area contributed by atoms with Crippen molar-refractivity contribution in [2.75, 3.05) is 0 Å². The van der Waals surface area contributed by atoms with Crippen molar-refractivity contribution in [3.63, 3.8) is 0 Å². The van der Waals surface area contributed by atoms with Crippen LogP contribution in [0.25, 0.3) is 0 Å². The fourth-order valence-corrected chi connectivity index (χ4v) is 1.52. The van der Waals surface area contributed by atoms with E-state index < -0.39 is 7.25 Å². The standard InChI is InChI=1S/C8H10BNO2/c11-9(12)10-5-7-3-1-2-4-8(7)6-10/h1-4,11-12H,5-6H2. The van der Waals surface area contributed by atoms with Gasteiger partial charge in [-0.2, -0.15) is 0 Å².